The molecule has 8 heteroatoms. The average Bonchev–Trinajstić information content (AvgIpc) is 3.59. The number of rotatable bonds is 9. The molecule has 5 rings (SSSR count). The second kappa shape index (κ2) is 10.6. The van der Waals surface area contributed by atoms with Gasteiger partial charge in [-0.15, -0.1) is 11.3 Å². The lowest BCUT2D eigenvalue weighted by Gasteiger charge is -2.27. The van der Waals surface area contributed by atoms with Crippen molar-refractivity contribution in [3.05, 3.63) is 123 Å². The minimum atomic E-state index is -0.646. The van der Waals surface area contributed by atoms with Gasteiger partial charge < -0.3 is 19.4 Å². The number of H-pyrrole nitrogens is 1. The third kappa shape index (κ3) is 5.56. The van der Waals surface area contributed by atoms with E-state index in [1.54, 1.807) is 52.8 Å². The highest BCUT2D eigenvalue weighted by Crippen LogP contribution is 2.24. The maximum Gasteiger partial charge on any atom is 0.248 e. The molecule has 0 unspecified atom stereocenters. The van der Waals surface area contributed by atoms with Gasteiger partial charge in [-0.2, -0.15) is 0 Å². The van der Waals surface area contributed by atoms with Crippen molar-refractivity contribution in [2.24, 2.45) is 0 Å². The Labute approximate surface area is 211 Å². The molecule has 0 bridgehead atoms. The van der Waals surface area contributed by atoms with Crippen molar-refractivity contribution in [1.82, 2.24) is 15.2 Å². The molecule has 36 heavy (non-hydrogen) atoms. The normalized spacial score (nSPS) is 12.0. The first-order chi connectivity index (χ1) is 17.5. The van der Waals surface area contributed by atoms with Crippen molar-refractivity contribution in [1.29, 1.82) is 0 Å². The van der Waals surface area contributed by atoms with Crippen LogP contribution in [0.1, 0.15) is 27.8 Å². The van der Waals surface area contributed by atoms with Gasteiger partial charge in [0, 0.05) is 23.0 Å². The Balaban J connectivity index is 1.43. The van der Waals surface area contributed by atoms with E-state index in [9.17, 15) is 14.7 Å². The Morgan fingerprint density at radius 1 is 1.03 bits per heavy atom. The van der Waals surface area contributed by atoms with Crippen LogP contribution in [0.15, 0.2) is 99.7 Å². The number of nitrogens with one attached hydrogen (secondary N) is 2. The van der Waals surface area contributed by atoms with E-state index in [4.69, 9.17) is 4.42 Å². The van der Waals surface area contributed by atoms with Gasteiger partial charge in [0.05, 0.1) is 19.4 Å². The summed E-state index contributed by atoms with van der Waals surface area (Å²) in [4.78, 5) is 31.2. The van der Waals surface area contributed by atoms with Gasteiger partial charge in [0.2, 0.25) is 11.5 Å². The zero-order chi connectivity index (χ0) is 24.9. The molecule has 0 radical (unpaired) electrons. The van der Waals surface area contributed by atoms with Crippen LogP contribution in [-0.2, 0) is 24.4 Å². The van der Waals surface area contributed by atoms with Crippen molar-refractivity contribution >= 4 is 28.1 Å². The van der Waals surface area contributed by atoms with Crippen molar-refractivity contribution in [2.45, 2.75) is 25.7 Å². The Bertz CT molecular complexity index is 1460. The number of carbonyl (C=O) groups excluding carboxylic acids is 1. The van der Waals surface area contributed by atoms with Gasteiger partial charge in [0.1, 0.15) is 17.6 Å². The zero-order valence-corrected chi connectivity index (χ0v) is 20.2. The average molecular weight is 500 g/mol. The molecule has 0 aliphatic rings. The summed E-state index contributed by atoms with van der Waals surface area (Å²) >= 11 is 1.60. The smallest absolute Gasteiger partial charge is 0.248 e. The minimum Gasteiger partial charge on any atom is -0.508 e. The summed E-state index contributed by atoms with van der Waals surface area (Å²) in [5.74, 6) is 0.739. The summed E-state index contributed by atoms with van der Waals surface area (Å²) in [5.41, 5.74) is 2.34. The van der Waals surface area contributed by atoms with E-state index in [0.29, 0.717) is 25.4 Å². The van der Waals surface area contributed by atoms with E-state index in [1.165, 1.54) is 6.07 Å². The van der Waals surface area contributed by atoms with Gasteiger partial charge in [-0.3, -0.25) is 14.9 Å². The predicted molar refractivity (Wildman–Crippen MR) is 140 cm³/mol. The molecule has 0 aliphatic heterocycles. The number of amides is 1. The van der Waals surface area contributed by atoms with Crippen LogP contribution in [0, 0.1) is 0 Å². The van der Waals surface area contributed by atoms with Crippen LogP contribution < -0.4 is 10.9 Å². The number of pyridine rings is 1. The monoisotopic (exact) mass is 499 g/mol. The molecule has 0 saturated carbocycles. The van der Waals surface area contributed by atoms with Crippen molar-refractivity contribution < 1.29 is 14.3 Å². The number of aromatic nitrogens is 1. The second-order valence-corrected chi connectivity index (χ2v) is 9.53. The first kappa shape index (κ1) is 23.6. The highest BCUT2D eigenvalue weighted by Gasteiger charge is 2.27. The van der Waals surface area contributed by atoms with Gasteiger partial charge in [0.15, 0.2) is 0 Å². The molecule has 1 amide bonds. The number of hydrogen-bond donors (Lipinski definition) is 3. The number of nitrogens with zero attached hydrogens (tertiary/aromatic N) is 1. The summed E-state index contributed by atoms with van der Waals surface area (Å²) in [7, 11) is 0. The Hall–Kier alpha value is -4.14. The van der Waals surface area contributed by atoms with Gasteiger partial charge in [-0.1, -0.05) is 24.3 Å². The number of aromatic hydroxyl groups is 1. The molecule has 1 atom stereocenters. The molecule has 7 nitrogen and oxygen atoms in total. The minimum absolute atomic E-state index is 0.101. The summed E-state index contributed by atoms with van der Waals surface area (Å²) in [6, 6.07) is 22.7. The third-order valence-corrected chi connectivity index (χ3v) is 6.80. The standard InChI is InChI=1S/C28H25N3O4S/c32-22-9-6-20(7-10-22)27(29-16-19-5-11-25-21(15-19)8-12-26(33)30-25)28(34)31(17-23-3-1-13-35-23)18-24-4-2-14-36-24/h1-15,27,29,32H,16-18H2,(H,30,33)/t27-/m1/s1. The molecular weight excluding hydrogens is 474 g/mol. The number of aromatic amines is 1. The second-order valence-electron chi connectivity index (χ2n) is 8.50. The number of fused-ring (bicyclic) bond motifs is 1. The number of thiophene rings is 1. The van der Waals surface area contributed by atoms with Crippen molar-refractivity contribution in [3.63, 3.8) is 0 Å². The topological polar surface area (TPSA) is 98.6 Å². The molecule has 5 aromatic rings. The summed E-state index contributed by atoms with van der Waals surface area (Å²) in [6.07, 6.45) is 1.60. The molecule has 3 heterocycles. The van der Waals surface area contributed by atoms with Crippen LogP contribution in [0.2, 0.25) is 0 Å². The van der Waals surface area contributed by atoms with E-state index < -0.39 is 6.04 Å². The fraction of sp³-hybridized carbons (Fsp3) is 0.143. The molecule has 2 aromatic carbocycles. The predicted octanol–water partition coefficient (Wildman–Crippen LogP) is 4.95. The Morgan fingerprint density at radius 2 is 1.89 bits per heavy atom. The van der Waals surface area contributed by atoms with E-state index in [2.05, 4.69) is 10.3 Å². The summed E-state index contributed by atoms with van der Waals surface area (Å²) in [5, 5.41) is 16.1. The highest BCUT2D eigenvalue weighted by atomic mass is 32.1. The third-order valence-electron chi connectivity index (χ3n) is 5.94. The first-order valence-corrected chi connectivity index (χ1v) is 12.4. The van der Waals surface area contributed by atoms with Crippen LogP contribution >= 0.6 is 11.3 Å². The van der Waals surface area contributed by atoms with Crippen LogP contribution in [0.3, 0.4) is 0 Å². The molecule has 182 valence electrons. The fourth-order valence-corrected chi connectivity index (χ4v) is 4.84. The highest BCUT2D eigenvalue weighted by molar-refractivity contribution is 7.09. The zero-order valence-electron chi connectivity index (χ0n) is 19.4. The number of benzene rings is 2. The maximum absolute atomic E-state index is 14.0. The maximum atomic E-state index is 14.0. The Kier molecular flexibility index (Phi) is 6.97. The fourth-order valence-electron chi connectivity index (χ4n) is 4.12. The molecule has 0 saturated heterocycles. The lowest BCUT2D eigenvalue weighted by atomic mass is 10.0. The van der Waals surface area contributed by atoms with Gasteiger partial charge in [0.25, 0.3) is 0 Å². The molecule has 3 aromatic heterocycles. The van der Waals surface area contributed by atoms with Crippen molar-refractivity contribution in [3.8, 4) is 5.75 Å². The quantitative estimate of drug-likeness (QED) is 0.267. The van der Waals surface area contributed by atoms with E-state index in [0.717, 1.165) is 26.9 Å². The molecule has 0 fully saturated rings. The molecule has 3 N–H and O–H groups in total. The molecule has 0 aliphatic carbocycles. The summed E-state index contributed by atoms with van der Waals surface area (Å²) < 4.78 is 5.54. The summed E-state index contributed by atoms with van der Waals surface area (Å²) in [6.45, 7) is 1.22. The number of phenolic OH excluding ortho intramolecular Hbond substituents is 1. The van der Waals surface area contributed by atoms with Gasteiger partial charge in [-0.25, -0.2) is 0 Å². The van der Waals surface area contributed by atoms with Crippen LogP contribution in [-0.4, -0.2) is 20.9 Å². The SMILES string of the molecule is O=C([C@H](NCc1ccc2[nH]c(=O)ccc2c1)c1ccc(O)cc1)N(Cc1ccco1)Cc1cccs1. The first-order valence-electron chi connectivity index (χ1n) is 11.5. The molecular formula is C28H25N3O4S. The van der Waals surface area contributed by atoms with E-state index in [1.807, 2.05) is 47.8 Å². The number of hydrogen-bond acceptors (Lipinski definition) is 6. The van der Waals surface area contributed by atoms with Gasteiger partial charge >= 0.3 is 0 Å². The lowest BCUT2D eigenvalue weighted by molar-refractivity contribution is -0.135. The number of carbonyl (C=O) groups is 1. The largest absolute Gasteiger partial charge is 0.508 e. The van der Waals surface area contributed by atoms with Crippen LogP contribution in [0.25, 0.3) is 10.9 Å². The Morgan fingerprint density at radius 3 is 2.64 bits per heavy atom. The van der Waals surface area contributed by atoms with E-state index >= 15 is 0 Å². The van der Waals surface area contributed by atoms with Gasteiger partial charge in [-0.05, 0) is 70.4 Å². The lowest BCUT2D eigenvalue weighted by Crippen LogP contribution is -2.40. The van der Waals surface area contributed by atoms with Crippen LogP contribution in [0.4, 0.5) is 0 Å². The number of phenols is 1. The van der Waals surface area contributed by atoms with E-state index in [-0.39, 0.29) is 17.2 Å². The van der Waals surface area contributed by atoms with Crippen LogP contribution in [0.5, 0.6) is 5.75 Å². The van der Waals surface area contributed by atoms with Crippen molar-refractivity contribution in [2.75, 3.05) is 0 Å². The number of furan rings is 1. The molecule has 0 spiro atoms.